The molecule has 0 heterocycles. The molecule has 0 bridgehead atoms. The average molecular weight is 324 g/mol. The molecule has 120 valence electrons. The number of carbonyl (C=O) groups is 1. The van der Waals surface area contributed by atoms with Gasteiger partial charge in [-0.3, -0.25) is 14.9 Å². The number of nitro benzene ring substituents is 1. The summed E-state index contributed by atoms with van der Waals surface area (Å²) in [5.41, 5.74) is -0.180. The number of benzene rings is 2. The maximum absolute atomic E-state index is 12.4. The van der Waals surface area contributed by atoms with Crippen LogP contribution < -0.4 is 4.74 Å². The van der Waals surface area contributed by atoms with Crippen molar-refractivity contribution in [1.82, 2.24) is 0 Å². The summed E-state index contributed by atoms with van der Waals surface area (Å²) in [4.78, 5) is 22.5. The Kier molecular flexibility index (Phi) is 4.92. The first kappa shape index (κ1) is 16.7. The van der Waals surface area contributed by atoms with E-state index in [2.05, 4.69) is 0 Å². The molecule has 2 aromatic rings. The number of nitro groups is 1. The smallest absolute Gasteiger partial charge is 0.311 e. The molecule has 0 saturated heterocycles. The fraction of sp³-hybridized carbons (Fsp3) is 0.0588. The summed E-state index contributed by atoms with van der Waals surface area (Å²) in [6, 6.07) is 11.7. The Morgan fingerprint density at radius 2 is 2.08 bits per heavy atom. The highest BCUT2D eigenvalue weighted by atomic mass is 16.6. The summed E-state index contributed by atoms with van der Waals surface area (Å²) in [6.07, 6.45) is 1.23. The Morgan fingerprint density at radius 3 is 2.71 bits per heavy atom. The zero-order valence-corrected chi connectivity index (χ0v) is 12.6. The Balaban J connectivity index is 2.42. The van der Waals surface area contributed by atoms with Crippen molar-refractivity contribution in [2.24, 2.45) is 0 Å². The highest BCUT2D eigenvalue weighted by molar-refractivity contribution is 6.14. The van der Waals surface area contributed by atoms with Crippen molar-refractivity contribution in [1.29, 1.82) is 5.26 Å². The van der Waals surface area contributed by atoms with Crippen molar-refractivity contribution in [3.8, 4) is 17.6 Å². The minimum Gasteiger partial charge on any atom is -0.502 e. The lowest BCUT2D eigenvalue weighted by Gasteiger charge is -2.03. The molecule has 7 heteroatoms. The van der Waals surface area contributed by atoms with Gasteiger partial charge < -0.3 is 9.84 Å². The van der Waals surface area contributed by atoms with Crippen LogP contribution in [0.3, 0.4) is 0 Å². The molecule has 0 aliphatic heterocycles. The minimum absolute atomic E-state index is 0.191. The van der Waals surface area contributed by atoms with E-state index in [4.69, 9.17) is 4.74 Å². The molecule has 0 atom stereocenters. The van der Waals surface area contributed by atoms with Crippen LogP contribution in [0.1, 0.15) is 15.9 Å². The van der Waals surface area contributed by atoms with Crippen LogP contribution >= 0.6 is 0 Å². The van der Waals surface area contributed by atoms with Gasteiger partial charge in [0, 0.05) is 11.6 Å². The minimum atomic E-state index is -0.747. The van der Waals surface area contributed by atoms with Gasteiger partial charge in [0.2, 0.25) is 5.78 Å². The number of phenols is 1. The summed E-state index contributed by atoms with van der Waals surface area (Å²) in [5, 5.41) is 29.5. The number of hydrogen-bond donors (Lipinski definition) is 1. The molecule has 0 aliphatic rings. The van der Waals surface area contributed by atoms with Crippen LogP contribution in [0.2, 0.25) is 0 Å². The van der Waals surface area contributed by atoms with Gasteiger partial charge in [-0.1, -0.05) is 18.2 Å². The van der Waals surface area contributed by atoms with Crippen LogP contribution in [0.15, 0.2) is 48.0 Å². The molecule has 1 N–H and O–H groups in total. The fourth-order valence-electron chi connectivity index (χ4n) is 2.01. The number of ketones is 1. The van der Waals surface area contributed by atoms with Gasteiger partial charge in [-0.2, -0.15) is 5.26 Å². The molecule has 0 aliphatic carbocycles. The first-order valence-electron chi connectivity index (χ1n) is 6.74. The Hall–Kier alpha value is -3.66. The summed E-state index contributed by atoms with van der Waals surface area (Å²) in [7, 11) is 1.46. The molecule has 2 rings (SSSR count). The van der Waals surface area contributed by atoms with E-state index >= 15 is 0 Å². The van der Waals surface area contributed by atoms with E-state index in [9.17, 15) is 25.3 Å². The second kappa shape index (κ2) is 7.07. The fourth-order valence-corrected chi connectivity index (χ4v) is 2.01. The number of hydrogen-bond acceptors (Lipinski definition) is 6. The first-order chi connectivity index (χ1) is 11.5. The quantitative estimate of drug-likeness (QED) is 0.297. The van der Waals surface area contributed by atoms with Crippen molar-refractivity contribution >= 4 is 17.5 Å². The van der Waals surface area contributed by atoms with E-state index in [1.54, 1.807) is 18.2 Å². The number of phenolic OH excluding ortho intramolecular Hbond substituents is 1. The largest absolute Gasteiger partial charge is 0.502 e. The van der Waals surface area contributed by atoms with Gasteiger partial charge in [0.15, 0.2) is 5.75 Å². The van der Waals surface area contributed by atoms with Crippen molar-refractivity contribution in [2.75, 3.05) is 7.11 Å². The van der Waals surface area contributed by atoms with Crippen molar-refractivity contribution in [2.45, 2.75) is 0 Å². The zero-order valence-electron chi connectivity index (χ0n) is 12.6. The van der Waals surface area contributed by atoms with Crippen molar-refractivity contribution < 1.29 is 19.6 Å². The van der Waals surface area contributed by atoms with Crippen LogP contribution in [0.5, 0.6) is 11.5 Å². The highest BCUT2D eigenvalue weighted by Gasteiger charge is 2.16. The Morgan fingerprint density at radius 1 is 1.33 bits per heavy atom. The summed E-state index contributed by atoms with van der Waals surface area (Å²) in [5.74, 6) is -0.555. The highest BCUT2D eigenvalue weighted by Crippen LogP contribution is 2.27. The molecule has 0 saturated carbocycles. The molecule has 24 heavy (non-hydrogen) atoms. The summed E-state index contributed by atoms with van der Waals surface area (Å²) in [6.45, 7) is 0. The molecule has 0 unspecified atom stereocenters. The predicted molar refractivity (Wildman–Crippen MR) is 85.7 cm³/mol. The monoisotopic (exact) mass is 324 g/mol. The number of aromatic hydroxyl groups is 1. The molecular weight excluding hydrogens is 312 g/mol. The normalized spacial score (nSPS) is 10.8. The molecular formula is C17H12N2O5. The second-order valence-corrected chi connectivity index (χ2v) is 4.74. The number of allylic oxidation sites excluding steroid dienone is 1. The third-order valence-electron chi connectivity index (χ3n) is 3.20. The molecule has 0 amide bonds. The van der Waals surface area contributed by atoms with Crippen molar-refractivity contribution in [3.05, 3.63) is 69.3 Å². The maximum atomic E-state index is 12.4. The molecule has 0 aromatic heterocycles. The van der Waals surface area contributed by atoms with Gasteiger partial charge in [-0.15, -0.1) is 0 Å². The van der Waals surface area contributed by atoms with Crippen LogP contribution in [0, 0.1) is 21.4 Å². The number of nitrogens with zero attached hydrogens (tertiary/aromatic N) is 2. The first-order valence-corrected chi connectivity index (χ1v) is 6.74. The van der Waals surface area contributed by atoms with Gasteiger partial charge in [0.25, 0.3) is 0 Å². The maximum Gasteiger partial charge on any atom is 0.311 e. The molecule has 7 nitrogen and oxygen atoms in total. The van der Waals surface area contributed by atoms with Gasteiger partial charge in [-0.05, 0) is 29.8 Å². The zero-order chi connectivity index (χ0) is 17.7. The van der Waals surface area contributed by atoms with Crippen LogP contribution in [-0.2, 0) is 0 Å². The second-order valence-electron chi connectivity index (χ2n) is 4.74. The Labute approximate surface area is 137 Å². The third kappa shape index (κ3) is 3.56. The van der Waals surface area contributed by atoms with Crippen molar-refractivity contribution in [3.63, 3.8) is 0 Å². The lowest BCUT2D eigenvalue weighted by Crippen LogP contribution is -2.02. The molecule has 0 radical (unpaired) electrons. The topological polar surface area (TPSA) is 113 Å². The van der Waals surface area contributed by atoms with Crippen LogP contribution in [-0.4, -0.2) is 22.9 Å². The summed E-state index contributed by atoms with van der Waals surface area (Å²) < 4.78 is 5.03. The number of nitriles is 1. The number of Topliss-reactive ketones (excluding diaryl/α,β-unsaturated/α-hetero) is 1. The average Bonchev–Trinajstić information content (AvgIpc) is 2.60. The van der Waals surface area contributed by atoms with Gasteiger partial charge in [0.1, 0.15) is 17.4 Å². The lowest BCUT2D eigenvalue weighted by molar-refractivity contribution is -0.385. The number of ether oxygens (including phenoxy) is 1. The van der Waals surface area contributed by atoms with E-state index in [0.717, 1.165) is 12.1 Å². The van der Waals surface area contributed by atoms with Crippen LogP contribution in [0.4, 0.5) is 5.69 Å². The van der Waals surface area contributed by atoms with E-state index in [0.29, 0.717) is 5.75 Å². The van der Waals surface area contributed by atoms with Gasteiger partial charge >= 0.3 is 5.69 Å². The molecule has 0 spiro atoms. The predicted octanol–water partition coefficient (Wildman–Crippen LogP) is 3.10. The molecule has 0 fully saturated rings. The van der Waals surface area contributed by atoms with E-state index in [1.807, 2.05) is 0 Å². The van der Waals surface area contributed by atoms with Gasteiger partial charge in [-0.25, -0.2) is 0 Å². The number of methoxy groups -OCH3 is 1. The Bertz CT molecular complexity index is 881. The SMILES string of the molecule is COc1cccc(C(=O)/C(C#N)=C/c2ccc(O)c([N+](=O)[O-])c2)c1. The molecule has 2 aromatic carbocycles. The third-order valence-corrected chi connectivity index (χ3v) is 3.20. The van der Waals surface area contributed by atoms with E-state index < -0.39 is 22.1 Å². The lowest BCUT2D eigenvalue weighted by atomic mass is 10.0. The van der Waals surface area contributed by atoms with Crippen LogP contribution in [0.25, 0.3) is 6.08 Å². The van der Waals surface area contributed by atoms with E-state index in [1.165, 1.54) is 31.4 Å². The van der Waals surface area contributed by atoms with Gasteiger partial charge in [0.05, 0.1) is 12.0 Å². The standard InChI is InChI=1S/C17H12N2O5/c1-24-14-4-2-3-12(9-14)17(21)13(10-18)7-11-5-6-16(20)15(8-11)19(22)23/h2-9,20H,1H3/b13-7+. The number of carbonyl (C=O) groups excluding carboxylic acids is 1. The number of rotatable bonds is 5. The summed E-state index contributed by atoms with van der Waals surface area (Å²) >= 11 is 0. The van der Waals surface area contributed by atoms with E-state index in [-0.39, 0.29) is 16.7 Å².